The summed E-state index contributed by atoms with van der Waals surface area (Å²) < 4.78 is 1.75. The lowest BCUT2D eigenvalue weighted by molar-refractivity contribution is 0.0917. The van der Waals surface area contributed by atoms with Crippen LogP contribution >= 0.6 is 0 Å². The summed E-state index contributed by atoms with van der Waals surface area (Å²) in [4.78, 5) is 24.5. The van der Waals surface area contributed by atoms with Gasteiger partial charge in [0.15, 0.2) is 0 Å². The molecule has 3 rings (SSSR count). The van der Waals surface area contributed by atoms with Crippen LogP contribution in [0.25, 0.3) is 5.82 Å². The summed E-state index contributed by atoms with van der Waals surface area (Å²) in [5.41, 5.74) is 0. The summed E-state index contributed by atoms with van der Waals surface area (Å²) in [5.74, 6) is 0.659. The molecule has 2 aromatic heterocycles. The minimum absolute atomic E-state index is 0.195. The Bertz CT molecular complexity index is 575. The molecule has 0 radical (unpaired) electrons. The Balaban J connectivity index is 1.73. The molecule has 0 bridgehead atoms. The molecule has 20 heavy (non-hydrogen) atoms. The molecule has 2 heterocycles. The average Bonchev–Trinajstić information content (AvgIpc) is 3.03. The lowest BCUT2D eigenvalue weighted by Crippen LogP contribution is -2.37. The lowest BCUT2D eigenvalue weighted by Gasteiger charge is -2.22. The van der Waals surface area contributed by atoms with Crippen molar-refractivity contribution in [2.45, 2.75) is 38.1 Å². The number of aromatic nitrogens is 4. The van der Waals surface area contributed by atoms with Crippen LogP contribution in [0.2, 0.25) is 0 Å². The molecule has 104 valence electrons. The quantitative estimate of drug-likeness (QED) is 0.922. The average molecular weight is 271 g/mol. The van der Waals surface area contributed by atoms with Crippen molar-refractivity contribution in [3.63, 3.8) is 0 Å². The van der Waals surface area contributed by atoms with E-state index in [0.29, 0.717) is 5.82 Å². The maximum atomic E-state index is 12.2. The van der Waals surface area contributed by atoms with E-state index in [1.54, 1.807) is 35.6 Å². The molecule has 6 nitrogen and oxygen atoms in total. The van der Waals surface area contributed by atoms with Gasteiger partial charge in [-0.15, -0.1) is 0 Å². The smallest absolute Gasteiger partial charge is 0.289 e. The van der Waals surface area contributed by atoms with Gasteiger partial charge in [0.25, 0.3) is 5.91 Å². The zero-order chi connectivity index (χ0) is 13.8. The first kappa shape index (κ1) is 12.8. The van der Waals surface area contributed by atoms with Gasteiger partial charge < -0.3 is 5.32 Å². The third kappa shape index (κ3) is 2.84. The number of nitrogens with one attached hydrogen (secondary N) is 1. The number of rotatable bonds is 3. The number of hydrogen-bond acceptors (Lipinski definition) is 4. The Morgan fingerprint density at radius 3 is 2.85 bits per heavy atom. The molecule has 1 amide bonds. The molecule has 1 saturated carbocycles. The van der Waals surface area contributed by atoms with E-state index in [4.69, 9.17) is 0 Å². The highest BCUT2D eigenvalue weighted by molar-refractivity contribution is 5.90. The Hall–Kier alpha value is -2.24. The van der Waals surface area contributed by atoms with Gasteiger partial charge in [0.2, 0.25) is 5.82 Å². The number of amides is 1. The largest absolute Gasteiger partial charge is 0.347 e. The molecular formula is C14H17N5O. The summed E-state index contributed by atoms with van der Waals surface area (Å²) in [6.45, 7) is 0. The molecule has 1 fully saturated rings. The van der Waals surface area contributed by atoms with Crippen molar-refractivity contribution in [3.8, 4) is 5.82 Å². The summed E-state index contributed by atoms with van der Waals surface area (Å²) in [6, 6.07) is 2.01. The molecule has 0 spiro atoms. The molecule has 6 heteroatoms. The van der Waals surface area contributed by atoms with Gasteiger partial charge in [0, 0.05) is 24.6 Å². The third-order valence-corrected chi connectivity index (χ3v) is 3.55. The lowest BCUT2D eigenvalue weighted by atomic mass is 9.95. The van der Waals surface area contributed by atoms with Gasteiger partial charge in [-0.3, -0.25) is 9.36 Å². The Labute approximate surface area is 117 Å². The van der Waals surface area contributed by atoms with E-state index in [1.807, 2.05) is 0 Å². The second-order valence-electron chi connectivity index (χ2n) is 5.02. The zero-order valence-corrected chi connectivity index (χ0v) is 11.2. The molecule has 0 atom stereocenters. The molecule has 0 unspecified atom stereocenters. The Morgan fingerprint density at radius 1 is 1.25 bits per heavy atom. The van der Waals surface area contributed by atoms with Crippen LogP contribution < -0.4 is 5.32 Å². The fourth-order valence-electron chi connectivity index (χ4n) is 2.49. The van der Waals surface area contributed by atoms with Crippen molar-refractivity contribution >= 4 is 5.91 Å². The SMILES string of the molecule is O=C(NC1CCCCC1)c1nccc(-n2ccnc2)n1. The molecule has 2 aromatic rings. The van der Waals surface area contributed by atoms with Crippen LogP contribution in [0, 0.1) is 0 Å². The number of carbonyl (C=O) groups excluding carboxylic acids is 1. The van der Waals surface area contributed by atoms with Gasteiger partial charge in [0.05, 0.1) is 0 Å². The Kier molecular flexibility index (Phi) is 3.71. The van der Waals surface area contributed by atoms with E-state index < -0.39 is 0 Å². The number of nitrogens with zero attached hydrogens (tertiary/aromatic N) is 4. The summed E-state index contributed by atoms with van der Waals surface area (Å²) in [5, 5.41) is 3.02. The molecule has 0 aromatic carbocycles. The first-order valence-corrected chi connectivity index (χ1v) is 6.95. The van der Waals surface area contributed by atoms with Crippen LogP contribution in [0.5, 0.6) is 0 Å². The van der Waals surface area contributed by atoms with E-state index in [9.17, 15) is 4.79 Å². The highest BCUT2D eigenvalue weighted by atomic mass is 16.2. The summed E-state index contributed by atoms with van der Waals surface area (Å²) in [7, 11) is 0. The first-order chi connectivity index (χ1) is 9.83. The van der Waals surface area contributed by atoms with Crippen molar-refractivity contribution in [3.05, 3.63) is 36.8 Å². The van der Waals surface area contributed by atoms with Gasteiger partial charge in [-0.2, -0.15) is 0 Å². The molecule has 1 aliphatic rings. The van der Waals surface area contributed by atoms with Crippen molar-refractivity contribution in [1.29, 1.82) is 0 Å². The van der Waals surface area contributed by atoms with Crippen LogP contribution in [0.15, 0.2) is 31.0 Å². The topological polar surface area (TPSA) is 72.7 Å². The summed E-state index contributed by atoms with van der Waals surface area (Å²) in [6.07, 6.45) is 12.4. The third-order valence-electron chi connectivity index (χ3n) is 3.55. The van der Waals surface area contributed by atoms with Crippen molar-refractivity contribution in [1.82, 2.24) is 24.8 Å². The molecule has 1 N–H and O–H groups in total. The van der Waals surface area contributed by atoms with Crippen LogP contribution in [0.3, 0.4) is 0 Å². The molecule has 1 aliphatic carbocycles. The van der Waals surface area contributed by atoms with Crippen LogP contribution in [0.1, 0.15) is 42.7 Å². The molecule has 0 aliphatic heterocycles. The minimum Gasteiger partial charge on any atom is -0.347 e. The molecule has 0 saturated heterocycles. The highest BCUT2D eigenvalue weighted by Crippen LogP contribution is 2.17. The van der Waals surface area contributed by atoms with Crippen molar-refractivity contribution in [2.75, 3.05) is 0 Å². The monoisotopic (exact) mass is 271 g/mol. The molecular weight excluding hydrogens is 254 g/mol. The fraction of sp³-hybridized carbons (Fsp3) is 0.429. The second-order valence-corrected chi connectivity index (χ2v) is 5.02. The standard InChI is InChI=1S/C14H17N5O/c20-14(17-11-4-2-1-3-5-11)13-16-7-6-12(18-13)19-9-8-15-10-19/h6-11H,1-5H2,(H,17,20). The van der Waals surface area contributed by atoms with Gasteiger partial charge in [-0.05, 0) is 18.9 Å². The van der Waals surface area contributed by atoms with Gasteiger partial charge in [-0.25, -0.2) is 15.0 Å². The number of imidazole rings is 1. The highest BCUT2D eigenvalue weighted by Gasteiger charge is 2.18. The van der Waals surface area contributed by atoms with E-state index >= 15 is 0 Å². The van der Waals surface area contributed by atoms with Crippen molar-refractivity contribution in [2.24, 2.45) is 0 Å². The van der Waals surface area contributed by atoms with Crippen LogP contribution in [-0.2, 0) is 0 Å². The van der Waals surface area contributed by atoms with E-state index in [1.165, 1.54) is 19.3 Å². The predicted molar refractivity (Wildman–Crippen MR) is 73.5 cm³/mol. The van der Waals surface area contributed by atoms with Crippen LogP contribution in [0.4, 0.5) is 0 Å². The van der Waals surface area contributed by atoms with Gasteiger partial charge in [0.1, 0.15) is 12.1 Å². The van der Waals surface area contributed by atoms with E-state index in [-0.39, 0.29) is 17.8 Å². The Morgan fingerprint density at radius 2 is 2.10 bits per heavy atom. The van der Waals surface area contributed by atoms with Crippen LogP contribution in [-0.4, -0.2) is 31.5 Å². The second kappa shape index (κ2) is 5.81. The maximum absolute atomic E-state index is 12.2. The maximum Gasteiger partial charge on any atom is 0.289 e. The zero-order valence-electron chi connectivity index (χ0n) is 11.2. The van der Waals surface area contributed by atoms with Gasteiger partial charge >= 0.3 is 0 Å². The fourth-order valence-corrected chi connectivity index (χ4v) is 2.49. The number of carbonyl (C=O) groups is 1. The minimum atomic E-state index is -0.195. The predicted octanol–water partition coefficient (Wildman–Crippen LogP) is 1.72. The van der Waals surface area contributed by atoms with E-state index in [0.717, 1.165) is 12.8 Å². The normalized spacial score (nSPS) is 16.0. The van der Waals surface area contributed by atoms with E-state index in [2.05, 4.69) is 20.3 Å². The first-order valence-electron chi connectivity index (χ1n) is 6.95. The van der Waals surface area contributed by atoms with Crippen molar-refractivity contribution < 1.29 is 4.79 Å². The number of hydrogen-bond donors (Lipinski definition) is 1. The summed E-state index contributed by atoms with van der Waals surface area (Å²) >= 11 is 0. The van der Waals surface area contributed by atoms with Gasteiger partial charge in [-0.1, -0.05) is 19.3 Å².